The zero-order valence-corrected chi connectivity index (χ0v) is 10.1. The Morgan fingerprint density at radius 2 is 2.06 bits per heavy atom. The van der Waals surface area contributed by atoms with Crippen molar-refractivity contribution < 1.29 is 9.26 Å². The normalized spacial score (nSPS) is 10.5. The molecule has 1 aromatic carbocycles. The van der Waals surface area contributed by atoms with Crippen molar-refractivity contribution in [2.45, 2.75) is 13.5 Å². The van der Waals surface area contributed by atoms with E-state index in [-0.39, 0.29) is 0 Å². The molecule has 0 bridgehead atoms. The van der Waals surface area contributed by atoms with Crippen LogP contribution >= 0.6 is 0 Å². The summed E-state index contributed by atoms with van der Waals surface area (Å²) in [5.74, 6) is 1.68. The smallest absolute Gasteiger partial charge is 0.151 e. The first-order valence-corrected chi connectivity index (χ1v) is 5.64. The molecular formula is C13H16N2O2. The van der Waals surface area contributed by atoms with E-state index in [0.29, 0.717) is 6.54 Å². The number of hydrogen-bond donors (Lipinski definition) is 1. The molecule has 1 heterocycles. The molecule has 1 aromatic heterocycles. The Morgan fingerprint density at radius 3 is 2.71 bits per heavy atom. The minimum Gasteiger partial charge on any atom is -0.497 e. The quantitative estimate of drug-likeness (QED) is 0.860. The predicted octanol–water partition coefficient (Wildman–Crippen LogP) is 2.46. The molecule has 0 saturated carbocycles. The van der Waals surface area contributed by atoms with Crippen molar-refractivity contribution >= 4 is 0 Å². The summed E-state index contributed by atoms with van der Waals surface area (Å²) in [6, 6.07) is 9.70. The van der Waals surface area contributed by atoms with Crippen LogP contribution in [-0.2, 0) is 6.54 Å². The third-order valence-corrected chi connectivity index (χ3v) is 2.49. The maximum atomic E-state index is 5.23. The van der Waals surface area contributed by atoms with E-state index in [0.717, 1.165) is 29.3 Å². The molecule has 2 aromatic rings. The monoisotopic (exact) mass is 232 g/mol. The van der Waals surface area contributed by atoms with Crippen LogP contribution in [0.1, 0.15) is 12.7 Å². The summed E-state index contributed by atoms with van der Waals surface area (Å²) in [5.41, 5.74) is 1.87. The molecular weight excluding hydrogens is 216 g/mol. The first kappa shape index (κ1) is 11.7. The minimum absolute atomic E-state index is 0.708. The second kappa shape index (κ2) is 5.50. The second-order valence-electron chi connectivity index (χ2n) is 3.69. The lowest BCUT2D eigenvalue weighted by atomic mass is 10.1. The summed E-state index contributed by atoms with van der Waals surface area (Å²) in [4.78, 5) is 0. The van der Waals surface area contributed by atoms with Crippen LogP contribution in [0.25, 0.3) is 11.3 Å². The molecule has 4 heteroatoms. The molecule has 0 aliphatic rings. The van der Waals surface area contributed by atoms with Crippen LogP contribution in [0.2, 0.25) is 0 Å². The van der Waals surface area contributed by atoms with Crippen molar-refractivity contribution in [2.24, 2.45) is 0 Å². The number of rotatable bonds is 5. The number of nitrogens with zero attached hydrogens (tertiary/aromatic N) is 1. The molecule has 0 unspecified atom stereocenters. The standard InChI is InChI=1S/C13H16N2O2/c1-3-14-9-12-8-13(15-17-12)10-4-6-11(16-2)7-5-10/h4-8,14H,3,9H2,1-2H3. The van der Waals surface area contributed by atoms with Crippen molar-refractivity contribution in [1.82, 2.24) is 10.5 Å². The summed E-state index contributed by atoms with van der Waals surface area (Å²) in [6.45, 7) is 3.68. The lowest BCUT2D eigenvalue weighted by Gasteiger charge is -1.99. The average molecular weight is 232 g/mol. The van der Waals surface area contributed by atoms with Gasteiger partial charge in [-0.05, 0) is 30.8 Å². The van der Waals surface area contributed by atoms with Crippen molar-refractivity contribution in [3.63, 3.8) is 0 Å². The maximum absolute atomic E-state index is 5.23. The van der Waals surface area contributed by atoms with Crippen molar-refractivity contribution in [2.75, 3.05) is 13.7 Å². The van der Waals surface area contributed by atoms with Gasteiger partial charge in [0, 0.05) is 11.6 Å². The van der Waals surface area contributed by atoms with E-state index in [1.165, 1.54) is 0 Å². The fourth-order valence-corrected chi connectivity index (χ4v) is 1.54. The third kappa shape index (κ3) is 2.85. The van der Waals surface area contributed by atoms with Gasteiger partial charge in [-0.1, -0.05) is 12.1 Å². The van der Waals surface area contributed by atoms with Crippen LogP contribution in [0.3, 0.4) is 0 Å². The minimum atomic E-state index is 0.708. The van der Waals surface area contributed by atoms with Crippen LogP contribution in [0, 0.1) is 0 Å². The molecule has 4 nitrogen and oxygen atoms in total. The van der Waals surface area contributed by atoms with E-state index >= 15 is 0 Å². The van der Waals surface area contributed by atoms with E-state index in [4.69, 9.17) is 9.26 Å². The number of benzene rings is 1. The molecule has 17 heavy (non-hydrogen) atoms. The molecule has 2 rings (SSSR count). The fourth-order valence-electron chi connectivity index (χ4n) is 1.54. The Labute approximate surface area is 101 Å². The Hall–Kier alpha value is -1.81. The summed E-state index contributed by atoms with van der Waals surface area (Å²) in [6.07, 6.45) is 0. The van der Waals surface area contributed by atoms with Gasteiger partial charge < -0.3 is 14.6 Å². The van der Waals surface area contributed by atoms with Crippen molar-refractivity contribution in [3.05, 3.63) is 36.1 Å². The SMILES string of the molecule is CCNCc1cc(-c2ccc(OC)cc2)no1. The van der Waals surface area contributed by atoms with Gasteiger partial charge in [0.25, 0.3) is 0 Å². The molecule has 0 spiro atoms. The van der Waals surface area contributed by atoms with Crippen molar-refractivity contribution in [3.8, 4) is 17.0 Å². The Morgan fingerprint density at radius 1 is 1.29 bits per heavy atom. The average Bonchev–Trinajstić information content (AvgIpc) is 2.85. The molecule has 0 radical (unpaired) electrons. The highest BCUT2D eigenvalue weighted by Crippen LogP contribution is 2.21. The largest absolute Gasteiger partial charge is 0.497 e. The van der Waals surface area contributed by atoms with Gasteiger partial charge in [0.15, 0.2) is 5.76 Å². The molecule has 90 valence electrons. The number of nitrogens with one attached hydrogen (secondary N) is 1. The first-order chi connectivity index (χ1) is 8.33. The van der Waals surface area contributed by atoms with Crippen LogP contribution in [-0.4, -0.2) is 18.8 Å². The van der Waals surface area contributed by atoms with Gasteiger partial charge in [-0.15, -0.1) is 0 Å². The summed E-state index contributed by atoms with van der Waals surface area (Å²) in [7, 11) is 1.65. The molecule has 0 amide bonds. The van der Waals surface area contributed by atoms with Gasteiger partial charge in [-0.2, -0.15) is 0 Å². The molecule has 1 N–H and O–H groups in total. The summed E-state index contributed by atoms with van der Waals surface area (Å²) >= 11 is 0. The fraction of sp³-hybridized carbons (Fsp3) is 0.308. The number of aromatic nitrogens is 1. The number of hydrogen-bond acceptors (Lipinski definition) is 4. The van der Waals surface area contributed by atoms with Crippen LogP contribution < -0.4 is 10.1 Å². The van der Waals surface area contributed by atoms with Crippen molar-refractivity contribution in [1.29, 1.82) is 0 Å². The third-order valence-electron chi connectivity index (χ3n) is 2.49. The van der Waals surface area contributed by atoms with Gasteiger partial charge in [-0.25, -0.2) is 0 Å². The van der Waals surface area contributed by atoms with Crippen LogP contribution in [0.15, 0.2) is 34.9 Å². The molecule has 0 aliphatic carbocycles. The highest BCUT2D eigenvalue weighted by atomic mass is 16.5. The first-order valence-electron chi connectivity index (χ1n) is 5.64. The molecule has 0 aliphatic heterocycles. The van der Waals surface area contributed by atoms with Gasteiger partial charge >= 0.3 is 0 Å². The van der Waals surface area contributed by atoms with Crippen LogP contribution in [0.5, 0.6) is 5.75 Å². The Bertz CT molecular complexity index is 463. The van der Waals surface area contributed by atoms with E-state index < -0.39 is 0 Å². The maximum Gasteiger partial charge on any atom is 0.151 e. The molecule has 0 fully saturated rings. The highest BCUT2D eigenvalue weighted by molar-refractivity contribution is 5.59. The zero-order valence-electron chi connectivity index (χ0n) is 10.1. The second-order valence-corrected chi connectivity index (χ2v) is 3.69. The van der Waals surface area contributed by atoms with Gasteiger partial charge in [0.05, 0.1) is 13.7 Å². The summed E-state index contributed by atoms with van der Waals surface area (Å²) in [5, 5.41) is 7.23. The lowest BCUT2D eigenvalue weighted by molar-refractivity contribution is 0.376. The van der Waals surface area contributed by atoms with E-state index in [2.05, 4.69) is 17.4 Å². The summed E-state index contributed by atoms with van der Waals surface area (Å²) < 4.78 is 10.3. The van der Waals surface area contributed by atoms with E-state index in [1.54, 1.807) is 7.11 Å². The van der Waals surface area contributed by atoms with Gasteiger partial charge in [0.2, 0.25) is 0 Å². The Balaban J connectivity index is 2.12. The highest BCUT2D eigenvalue weighted by Gasteiger charge is 2.05. The topological polar surface area (TPSA) is 47.3 Å². The lowest BCUT2D eigenvalue weighted by Crippen LogP contribution is -2.10. The zero-order chi connectivity index (χ0) is 12.1. The van der Waals surface area contributed by atoms with Gasteiger partial charge in [-0.3, -0.25) is 0 Å². The van der Waals surface area contributed by atoms with E-state index in [9.17, 15) is 0 Å². The predicted molar refractivity (Wildman–Crippen MR) is 65.9 cm³/mol. The molecule has 0 saturated heterocycles. The molecule has 0 atom stereocenters. The number of ether oxygens (including phenoxy) is 1. The Kier molecular flexibility index (Phi) is 3.77. The number of methoxy groups -OCH3 is 1. The van der Waals surface area contributed by atoms with E-state index in [1.807, 2.05) is 30.3 Å². The van der Waals surface area contributed by atoms with Gasteiger partial charge in [0.1, 0.15) is 11.4 Å². The van der Waals surface area contributed by atoms with Crippen LogP contribution in [0.4, 0.5) is 0 Å².